The molecule has 1 aromatic rings. The van der Waals surface area contributed by atoms with Crippen LogP contribution in [0.5, 0.6) is 0 Å². The van der Waals surface area contributed by atoms with Crippen LogP contribution in [0.2, 0.25) is 0 Å². The Kier molecular flexibility index (Phi) is 6.81. The van der Waals surface area contributed by atoms with Gasteiger partial charge in [-0.25, -0.2) is 0 Å². The number of methoxy groups -OCH3 is 1. The molecule has 5 heteroatoms. The highest BCUT2D eigenvalue weighted by Gasteiger charge is 2.05. The minimum absolute atomic E-state index is 0.530. The smallest absolute Gasteiger partial charge is 0.226 e. The molecule has 1 heterocycles. The van der Waals surface area contributed by atoms with Crippen LogP contribution in [0.4, 0.5) is 0 Å². The van der Waals surface area contributed by atoms with Crippen LogP contribution in [0, 0.1) is 0 Å². The van der Waals surface area contributed by atoms with Crippen molar-refractivity contribution in [1.29, 1.82) is 0 Å². The normalized spacial score (nSPS) is 11.3. The topological polar surface area (TPSA) is 60.2 Å². The third-order valence-corrected chi connectivity index (χ3v) is 2.38. The molecule has 1 rings (SSSR count). The first-order valence-corrected chi connectivity index (χ1v) is 6.26. The number of hydrogen-bond acceptors (Lipinski definition) is 5. The maximum atomic E-state index is 5.17. The molecule has 1 N–H and O–H groups in total. The summed E-state index contributed by atoms with van der Waals surface area (Å²) in [5.41, 5.74) is 0. The number of rotatable bonds is 9. The number of ether oxygens (including phenoxy) is 1. The third-order valence-electron chi connectivity index (χ3n) is 2.38. The number of nitrogens with zero attached hydrogens (tertiary/aromatic N) is 2. The standard InChI is InChI=1S/C12H23N3O2/c1-10(2)13-8-4-7-12-14-11(15-17-12)6-5-9-16-3/h10,13H,4-9H2,1-3H3. The van der Waals surface area contributed by atoms with Crippen molar-refractivity contribution in [1.82, 2.24) is 15.5 Å². The maximum absolute atomic E-state index is 5.17. The van der Waals surface area contributed by atoms with Gasteiger partial charge in [0.15, 0.2) is 5.82 Å². The molecule has 0 spiro atoms. The Morgan fingerprint density at radius 2 is 2.12 bits per heavy atom. The van der Waals surface area contributed by atoms with Crippen LogP contribution in [-0.4, -0.2) is 36.4 Å². The van der Waals surface area contributed by atoms with Crippen LogP contribution < -0.4 is 5.32 Å². The molecule has 17 heavy (non-hydrogen) atoms. The summed E-state index contributed by atoms with van der Waals surface area (Å²) in [5.74, 6) is 1.52. The van der Waals surface area contributed by atoms with Gasteiger partial charge in [0.2, 0.25) is 5.89 Å². The van der Waals surface area contributed by atoms with Gasteiger partial charge in [0, 0.05) is 32.6 Å². The van der Waals surface area contributed by atoms with Crippen molar-refractivity contribution in [2.24, 2.45) is 0 Å². The van der Waals surface area contributed by atoms with E-state index in [4.69, 9.17) is 9.26 Å². The lowest BCUT2D eigenvalue weighted by Crippen LogP contribution is -2.23. The quantitative estimate of drug-likeness (QED) is 0.665. The van der Waals surface area contributed by atoms with E-state index in [9.17, 15) is 0 Å². The molecule has 1 aromatic heterocycles. The van der Waals surface area contributed by atoms with Gasteiger partial charge in [0.05, 0.1) is 0 Å². The van der Waals surface area contributed by atoms with Crippen molar-refractivity contribution in [3.8, 4) is 0 Å². The number of aromatic nitrogens is 2. The molecule has 0 saturated heterocycles. The molecular weight excluding hydrogens is 218 g/mol. The van der Waals surface area contributed by atoms with E-state index in [0.717, 1.165) is 50.6 Å². The maximum Gasteiger partial charge on any atom is 0.226 e. The monoisotopic (exact) mass is 241 g/mol. The Morgan fingerprint density at radius 3 is 2.82 bits per heavy atom. The van der Waals surface area contributed by atoms with E-state index in [1.165, 1.54) is 0 Å². The molecule has 0 radical (unpaired) electrons. The largest absolute Gasteiger partial charge is 0.385 e. The van der Waals surface area contributed by atoms with Gasteiger partial charge in [-0.1, -0.05) is 19.0 Å². The van der Waals surface area contributed by atoms with Crippen LogP contribution in [0.3, 0.4) is 0 Å². The minimum Gasteiger partial charge on any atom is -0.385 e. The summed E-state index contributed by atoms with van der Waals surface area (Å²) >= 11 is 0. The molecule has 0 amide bonds. The van der Waals surface area contributed by atoms with E-state index < -0.39 is 0 Å². The first-order valence-electron chi connectivity index (χ1n) is 6.26. The van der Waals surface area contributed by atoms with Gasteiger partial charge >= 0.3 is 0 Å². The Balaban J connectivity index is 2.16. The molecule has 0 aliphatic carbocycles. The first-order chi connectivity index (χ1) is 8.22. The van der Waals surface area contributed by atoms with E-state index in [2.05, 4.69) is 29.3 Å². The third kappa shape index (κ3) is 6.38. The zero-order valence-electron chi connectivity index (χ0n) is 11.0. The van der Waals surface area contributed by atoms with Crippen molar-refractivity contribution in [3.63, 3.8) is 0 Å². The number of hydrogen-bond donors (Lipinski definition) is 1. The fraction of sp³-hybridized carbons (Fsp3) is 0.833. The van der Waals surface area contributed by atoms with E-state index in [1.807, 2.05) is 0 Å². The summed E-state index contributed by atoms with van der Waals surface area (Å²) in [6.07, 6.45) is 3.63. The molecular formula is C12H23N3O2. The van der Waals surface area contributed by atoms with Crippen LogP contribution in [0.1, 0.15) is 38.4 Å². The zero-order valence-corrected chi connectivity index (χ0v) is 11.0. The molecule has 0 aliphatic rings. The molecule has 0 saturated carbocycles. The van der Waals surface area contributed by atoms with E-state index >= 15 is 0 Å². The minimum atomic E-state index is 0.530. The lowest BCUT2D eigenvalue weighted by Gasteiger charge is -2.05. The van der Waals surface area contributed by atoms with E-state index in [-0.39, 0.29) is 0 Å². The van der Waals surface area contributed by atoms with Gasteiger partial charge in [-0.05, 0) is 19.4 Å². The zero-order chi connectivity index (χ0) is 12.5. The number of nitrogens with one attached hydrogen (secondary N) is 1. The average molecular weight is 241 g/mol. The van der Waals surface area contributed by atoms with Crippen molar-refractivity contribution in [2.45, 2.75) is 45.6 Å². The summed E-state index contributed by atoms with van der Waals surface area (Å²) in [5, 5.41) is 7.30. The molecule has 0 aliphatic heterocycles. The van der Waals surface area contributed by atoms with Gasteiger partial charge in [-0.15, -0.1) is 0 Å². The second kappa shape index (κ2) is 8.20. The lowest BCUT2D eigenvalue weighted by atomic mass is 10.3. The molecule has 0 fully saturated rings. The molecule has 0 atom stereocenters. The molecule has 5 nitrogen and oxygen atoms in total. The summed E-state index contributed by atoms with van der Waals surface area (Å²) in [4.78, 5) is 4.34. The average Bonchev–Trinajstić information content (AvgIpc) is 2.73. The summed E-state index contributed by atoms with van der Waals surface area (Å²) in [6.45, 7) is 6.00. The molecule has 0 unspecified atom stereocenters. The van der Waals surface area contributed by atoms with Crippen molar-refractivity contribution < 1.29 is 9.26 Å². The molecule has 0 bridgehead atoms. The summed E-state index contributed by atoms with van der Waals surface area (Å²) in [6, 6.07) is 0.530. The fourth-order valence-corrected chi connectivity index (χ4v) is 1.50. The second-order valence-electron chi connectivity index (χ2n) is 4.41. The van der Waals surface area contributed by atoms with Crippen molar-refractivity contribution in [2.75, 3.05) is 20.3 Å². The Bertz CT molecular complexity index is 300. The lowest BCUT2D eigenvalue weighted by molar-refractivity contribution is 0.194. The Labute approximate surface area is 103 Å². The van der Waals surface area contributed by atoms with E-state index in [0.29, 0.717) is 6.04 Å². The predicted molar refractivity (Wildman–Crippen MR) is 66.0 cm³/mol. The van der Waals surface area contributed by atoms with Crippen molar-refractivity contribution >= 4 is 0 Å². The predicted octanol–water partition coefficient (Wildman–Crippen LogP) is 1.58. The SMILES string of the molecule is COCCCc1noc(CCCNC(C)C)n1. The number of aryl methyl sites for hydroxylation is 2. The van der Waals surface area contributed by atoms with E-state index in [1.54, 1.807) is 7.11 Å². The fourth-order valence-electron chi connectivity index (χ4n) is 1.50. The van der Waals surface area contributed by atoms with Crippen molar-refractivity contribution in [3.05, 3.63) is 11.7 Å². The molecule has 0 aromatic carbocycles. The van der Waals surface area contributed by atoms with Crippen LogP contribution in [0.15, 0.2) is 4.52 Å². The van der Waals surface area contributed by atoms with Gasteiger partial charge in [0.25, 0.3) is 0 Å². The van der Waals surface area contributed by atoms with Gasteiger partial charge in [-0.3, -0.25) is 0 Å². The van der Waals surface area contributed by atoms with Gasteiger partial charge in [0.1, 0.15) is 0 Å². The highest BCUT2D eigenvalue weighted by molar-refractivity contribution is 4.86. The summed E-state index contributed by atoms with van der Waals surface area (Å²) < 4.78 is 10.2. The summed E-state index contributed by atoms with van der Waals surface area (Å²) in [7, 11) is 1.70. The van der Waals surface area contributed by atoms with Gasteiger partial charge < -0.3 is 14.6 Å². The molecule has 98 valence electrons. The Hall–Kier alpha value is -0.940. The highest BCUT2D eigenvalue weighted by Crippen LogP contribution is 2.03. The van der Waals surface area contributed by atoms with Gasteiger partial charge in [-0.2, -0.15) is 4.98 Å². The highest BCUT2D eigenvalue weighted by atomic mass is 16.5. The first kappa shape index (κ1) is 14.1. The second-order valence-corrected chi connectivity index (χ2v) is 4.41. The van der Waals surface area contributed by atoms with Crippen LogP contribution in [-0.2, 0) is 17.6 Å². The van der Waals surface area contributed by atoms with Crippen LogP contribution >= 0.6 is 0 Å². The van der Waals surface area contributed by atoms with Crippen LogP contribution in [0.25, 0.3) is 0 Å². The Morgan fingerprint density at radius 1 is 1.29 bits per heavy atom.